The zero-order chi connectivity index (χ0) is 9.80. The predicted octanol–water partition coefficient (Wildman–Crippen LogP) is 1.29. The van der Waals surface area contributed by atoms with Crippen LogP contribution in [0.3, 0.4) is 0 Å². The van der Waals surface area contributed by atoms with Crippen molar-refractivity contribution in [3.63, 3.8) is 0 Å². The Morgan fingerprint density at radius 3 is 3.00 bits per heavy atom. The summed E-state index contributed by atoms with van der Waals surface area (Å²) in [7, 11) is 0. The lowest BCUT2D eigenvalue weighted by molar-refractivity contribution is 0.611. The van der Waals surface area contributed by atoms with Gasteiger partial charge in [0.05, 0.1) is 5.01 Å². The number of hydrogen-bond acceptors (Lipinski definition) is 4. The molecule has 0 aliphatic heterocycles. The minimum absolute atomic E-state index is 0.822. The fourth-order valence-corrected chi connectivity index (χ4v) is 2.12. The highest BCUT2D eigenvalue weighted by atomic mass is 32.1. The molecule has 2 rings (SSSR count). The van der Waals surface area contributed by atoms with Crippen molar-refractivity contribution in [3.8, 4) is 0 Å². The molecular weight excluding hydrogens is 194 g/mol. The molecule has 1 aromatic rings. The summed E-state index contributed by atoms with van der Waals surface area (Å²) >= 11 is 1.77. The molecule has 0 aromatic carbocycles. The summed E-state index contributed by atoms with van der Waals surface area (Å²) in [6.45, 7) is 5.14. The van der Waals surface area contributed by atoms with E-state index >= 15 is 0 Å². The van der Waals surface area contributed by atoms with Gasteiger partial charge in [0.15, 0.2) is 0 Å². The summed E-state index contributed by atoms with van der Waals surface area (Å²) in [5.41, 5.74) is 0. The molecular formula is C10H17N3S. The van der Waals surface area contributed by atoms with Crippen molar-refractivity contribution < 1.29 is 0 Å². The van der Waals surface area contributed by atoms with Crippen LogP contribution in [0.1, 0.15) is 22.7 Å². The predicted molar refractivity (Wildman–Crippen MR) is 59.6 cm³/mol. The first-order valence-electron chi connectivity index (χ1n) is 5.20. The minimum Gasteiger partial charge on any atom is -0.313 e. The molecule has 1 aromatic heterocycles. The molecule has 1 heterocycles. The van der Waals surface area contributed by atoms with Gasteiger partial charge in [-0.2, -0.15) is 0 Å². The van der Waals surface area contributed by atoms with Crippen LogP contribution in [-0.2, 0) is 6.54 Å². The van der Waals surface area contributed by atoms with E-state index in [1.165, 1.54) is 17.7 Å². The van der Waals surface area contributed by atoms with E-state index in [0.29, 0.717) is 0 Å². The van der Waals surface area contributed by atoms with E-state index in [1.54, 1.807) is 11.3 Å². The van der Waals surface area contributed by atoms with E-state index in [1.807, 2.05) is 13.1 Å². The van der Waals surface area contributed by atoms with Gasteiger partial charge >= 0.3 is 0 Å². The molecule has 14 heavy (non-hydrogen) atoms. The van der Waals surface area contributed by atoms with Crippen LogP contribution in [0, 0.1) is 6.92 Å². The molecule has 0 bridgehead atoms. The number of hydrogen-bond donors (Lipinski definition) is 2. The van der Waals surface area contributed by atoms with Gasteiger partial charge in [0.25, 0.3) is 0 Å². The first kappa shape index (κ1) is 10.1. The Morgan fingerprint density at radius 1 is 1.50 bits per heavy atom. The second kappa shape index (κ2) is 4.87. The Labute approximate surface area is 88.9 Å². The molecule has 78 valence electrons. The van der Waals surface area contributed by atoms with E-state index in [0.717, 1.165) is 30.7 Å². The van der Waals surface area contributed by atoms with Crippen molar-refractivity contribution in [2.24, 2.45) is 0 Å². The standard InChI is InChI=1S/C10H17N3S/c1-8-13-7-10(14-8)6-11-4-5-12-9-2-3-9/h7,9,11-12H,2-6H2,1H3. The minimum atomic E-state index is 0.822. The summed E-state index contributed by atoms with van der Waals surface area (Å²) in [6.07, 6.45) is 4.70. The molecule has 0 atom stereocenters. The monoisotopic (exact) mass is 211 g/mol. The largest absolute Gasteiger partial charge is 0.313 e. The molecule has 4 heteroatoms. The highest BCUT2D eigenvalue weighted by Gasteiger charge is 2.19. The number of nitrogens with one attached hydrogen (secondary N) is 2. The molecule has 1 saturated carbocycles. The Kier molecular flexibility index (Phi) is 3.50. The van der Waals surface area contributed by atoms with Crippen LogP contribution >= 0.6 is 11.3 Å². The van der Waals surface area contributed by atoms with Crippen LogP contribution in [0.2, 0.25) is 0 Å². The third-order valence-electron chi connectivity index (χ3n) is 2.28. The van der Waals surface area contributed by atoms with Gasteiger partial charge in [-0.15, -0.1) is 11.3 Å². The molecule has 0 spiro atoms. The summed E-state index contributed by atoms with van der Waals surface area (Å²) in [5.74, 6) is 0. The average molecular weight is 211 g/mol. The van der Waals surface area contributed by atoms with E-state index in [4.69, 9.17) is 0 Å². The van der Waals surface area contributed by atoms with Crippen LogP contribution < -0.4 is 10.6 Å². The molecule has 3 nitrogen and oxygen atoms in total. The molecule has 1 aliphatic carbocycles. The number of aromatic nitrogens is 1. The first-order chi connectivity index (χ1) is 6.84. The van der Waals surface area contributed by atoms with Crippen LogP contribution in [0.15, 0.2) is 6.20 Å². The molecule has 0 saturated heterocycles. The lowest BCUT2D eigenvalue weighted by Crippen LogP contribution is -2.28. The van der Waals surface area contributed by atoms with Gasteiger partial charge in [-0.25, -0.2) is 4.98 Å². The Bertz CT molecular complexity index is 281. The quantitative estimate of drug-likeness (QED) is 0.696. The van der Waals surface area contributed by atoms with Crippen LogP contribution in [0.4, 0.5) is 0 Å². The maximum absolute atomic E-state index is 4.22. The first-order valence-corrected chi connectivity index (χ1v) is 6.01. The van der Waals surface area contributed by atoms with Gasteiger partial charge in [0, 0.05) is 36.8 Å². The van der Waals surface area contributed by atoms with Gasteiger partial charge in [-0.05, 0) is 19.8 Å². The zero-order valence-electron chi connectivity index (χ0n) is 8.55. The van der Waals surface area contributed by atoms with E-state index < -0.39 is 0 Å². The highest BCUT2D eigenvalue weighted by molar-refractivity contribution is 7.11. The molecule has 1 fully saturated rings. The third kappa shape index (κ3) is 3.36. The van der Waals surface area contributed by atoms with Crippen LogP contribution in [-0.4, -0.2) is 24.1 Å². The summed E-state index contributed by atoms with van der Waals surface area (Å²) in [4.78, 5) is 5.54. The lowest BCUT2D eigenvalue weighted by atomic mass is 10.5. The smallest absolute Gasteiger partial charge is 0.0897 e. The SMILES string of the molecule is Cc1ncc(CNCCNC2CC2)s1. The van der Waals surface area contributed by atoms with E-state index in [2.05, 4.69) is 15.6 Å². The van der Waals surface area contributed by atoms with Gasteiger partial charge < -0.3 is 10.6 Å². The second-order valence-corrected chi connectivity index (χ2v) is 5.07. The normalized spacial score (nSPS) is 16.1. The average Bonchev–Trinajstić information content (AvgIpc) is 2.89. The van der Waals surface area contributed by atoms with Crippen molar-refractivity contribution in [1.82, 2.24) is 15.6 Å². The number of thiazole rings is 1. The van der Waals surface area contributed by atoms with Crippen molar-refractivity contribution in [3.05, 3.63) is 16.1 Å². The Balaban J connectivity index is 1.53. The number of aryl methyl sites for hydroxylation is 1. The molecule has 0 radical (unpaired) electrons. The molecule has 1 aliphatic rings. The maximum atomic E-state index is 4.22. The fourth-order valence-electron chi connectivity index (χ4n) is 1.35. The topological polar surface area (TPSA) is 37.0 Å². The van der Waals surface area contributed by atoms with Gasteiger partial charge in [-0.3, -0.25) is 0 Å². The van der Waals surface area contributed by atoms with Gasteiger partial charge in [0.1, 0.15) is 0 Å². The van der Waals surface area contributed by atoms with Gasteiger partial charge in [0.2, 0.25) is 0 Å². The molecule has 0 unspecified atom stereocenters. The number of rotatable bonds is 6. The number of nitrogens with zero attached hydrogens (tertiary/aromatic N) is 1. The van der Waals surface area contributed by atoms with Crippen molar-refractivity contribution in [2.75, 3.05) is 13.1 Å². The van der Waals surface area contributed by atoms with Crippen molar-refractivity contribution in [2.45, 2.75) is 32.4 Å². The maximum Gasteiger partial charge on any atom is 0.0897 e. The highest BCUT2D eigenvalue weighted by Crippen LogP contribution is 2.17. The van der Waals surface area contributed by atoms with Crippen LogP contribution in [0.5, 0.6) is 0 Å². The zero-order valence-corrected chi connectivity index (χ0v) is 9.36. The Hall–Kier alpha value is -0.450. The Morgan fingerprint density at radius 2 is 2.36 bits per heavy atom. The van der Waals surface area contributed by atoms with E-state index in [9.17, 15) is 0 Å². The van der Waals surface area contributed by atoms with Crippen LogP contribution in [0.25, 0.3) is 0 Å². The van der Waals surface area contributed by atoms with Crippen molar-refractivity contribution >= 4 is 11.3 Å². The summed E-state index contributed by atoms with van der Waals surface area (Å²) < 4.78 is 0. The summed E-state index contributed by atoms with van der Waals surface area (Å²) in [6, 6.07) is 0.822. The lowest BCUT2D eigenvalue weighted by Gasteiger charge is -2.03. The third-order valence-corrected chi connectivity index (χ3v) is 3.19. The molecule has 2 N–H and O–H groups in total. The summed E-state index contributed by atoms with van der Waals surface area (Å²) in [5, 5.41) is 8.03. The van der Waals surface area contributed by atoms with E-state index in [-0.39, 0.29) is 0 Å². The molecule has 0 amide bonds. The second-order valence-electron chi connectivity index (χ2n) is 3.75. The fraction of sp³-hybridized carbons (Fsp3) is 0.700. The van der Waals surface area contributed by atoms with Crippen molar-refractivity contribution in [1.29, 1.82) is 0 Å². The van der Waals surface area contributed by atoms with Gasteiger partial charge in [-0.1, -0.05) is 0 Å².